The highest BCUT2D eigenvalue weighted by atomic mass is 16.5. The Morgan fingerprint density at radius 2 is 1.23 bits per heavy atom. The van der Waals surface area contributed by atoms with E-state index in [1.807, 2.05) is 12.1 Å². The second-order valence-electron chi connectivity index (χ2n) is 8.04. The van der Waals surface area contributed by atoms with E-state index in [2.05, 4.69) is 52.0 Å². The number of rotatable bonds is 13. The molecule has 0 aromatic heterocycles. The number of aryl methyl sites for hydroxylation is 2. The zero-order valence-corrected chi connectivity index (χ0v) is 19.0. The third kappa shape index (κ3) is 5.77. The van der Waals surface area contributed by atoms with Gasteiger partial charge < -0.3 is 19.7 Å². The molecule has 0 unspecified atom stereocenters. The Morgan fingerprint density at radius 1 is 0.733 bits per heavy atom. The maximum absolute atomic E-state index is 9.07. The van der Waals surface area contributed by atoms with Crippen molar-refractivity contribution >= 4 is 0 Å². The van der Waals surface area contributed by atoms with E-state index in [1.165, 1.54) is 11.1 Å². The highest BCUT2D eigenvalue weighted by Gasteiger charge is 2.33. The van der Waals surface area contributed by atoms with Crippen LogP contribution in [-0.2, 0) is 5.41 Å². The van der Waals surface area contributed by atoms with Gasteiger partial charge in [-0.3, -0.25) is 0 Å². The molecular formula is C26H38O4. The minimum atomic E-state index is -0.0642. The van der Waals surface area contributed by atoms with Crippen molar-refractivity contribution in [3.63, 3.8) is 0 Å². The van der Waals surface area contributed by atoms with Gasteiger partial charge in [-0.25, -0.2) is 0 Å². The number of aliphatic hydroxyl groups is 2. The van der Waals surface area contributed by atoms with Crippen molar-refractivity contribution in [2.45, 2.75) is 65.2 Å². The van der Waals surface area contributed by atoms with Gasteiger partial charge in [0.15, 0.2) is 0 Å². The normalized spacial score (nSPS) is 11.5. The first kappa shape index (κ1) is 24.2. The number of benzene rings is 2. The summed E-state index contributed by atoms with van der Waals surface area (Å²) in [5.74, 6) is 1.66. The van der Waals surface area contributed by atoms with Crippen molar-refractivity contribution < 1.29 is 19.7 Å². The maximum Gasteiger partial charge on any atom is 0.122 e. The van der Waals surface area contributed by atoms with E-state index in [9.17, 15) is 0 Å². The molecular weight excluding hydrogens is 376 g/mol. The summed E-state index contributed by atoms with van der Waals surface area (Å²) in [6, 6.07) is 13.0. The molecule has 0 atom stereocenters. The molecule has 0 aliphatic carbocycles. The monoisotopic (exact) mass is 414 g/mol. The van der Waals surface area contributed by atoms with Crippen LogP contribution in [0.5, 0.6) is 11.5 Å². The van der Waals surface area contributed by atoms with Crippen LogP contribution in [0.25, 0.3) is 0 Å². The van der Waals surface area contributed by atoms with E-state index in [-0.39, 0.29) is 18.6 Å². The van der Waals surface area contributed by atoms with Gasteiger partial charge in [-0.05, 0) is 61.1 Å². The van der Waals surface area contributed by atoms with Crippen LogP contribution in [-0.4, -0.2) is 36.6 Å². The molecule has 4 nitrogen and oxygen atoms in total. The summed E-state index contributed by atoms with van der Waals surface area (Å²) >= 11 is 0. The SMILES string of the molecule is CCCCC(CCC)(c1ccc(OCCO)c(C)c1)c1ccc(OCCO)c(C)c1. The summed E-state index contributed by atoms with van der Waals surface area (Å²) in [4.78, 5) is 0. The van der Waals surface area contributed by atoms with E-state index >= 15 is 0 Å². The molecule has 2 rings (SSSR count). The summed E-state index contributed by atoms with van der Waals surface area (Å²) in [7, 11) is 0. The summed E-state index contributed by atoms with van der Waals surface area (Å²) in [5.41, 5.74) is 4.76. The van der Waals surface area contributed by atoms with E-state index in [4.69, 9.17) is 19.7 Å². The van der Waals surface area contributed by atoms with Crippen molar-refractivity contribution in [3.05, 3.63) is 58.7 Å². The van der Waals surface area contributed by atoms with E-state index in [1.54, 1.807) is 0 Å². The minimum Gasteiger partial charge on any atom is -0.491 e. The lowest BCUT2D eigenvalue weighted by atomic mass is 9.68. The highest BCUT2D eigenvalue weighted by Crippen LogP contribution is 2.43. The van der Waals surface area contributed by atoms with Crippen molar-refractivity contribution in [1.82, 2.24) is 0 Å². The third-order valence-electron chi connectivity index (χ3n) is 5.79. The molecule has 0 spiro atoms. The van der Waals surface area contributed by atoms with Crippen LogP contribution in [0.3, 0.4) is 0 Å². The Bertz CT molecular complexity index is 727. The highest BCUT2D eigenvalue weighted by molar-refractivity contribution is 5.48. The van der Waals surface area contributed by atoms with Crippen LogP contribution in [0.2, 0.25) is 0 Å². The Kier molecular flexibility index (Phi) is 9.67. The minimum absolute atomic E-state index is 0.0153. The fraction of sp³-hybridized carbons (Fsp3) is 0.538. The molecule has 2 aromatic rings. The van der Waals surface area contributed by atoms with Crippen molar-refractivity contribution in [3.8, 4) is 11.5 Å². The fourth-order valence-electron chi connectivity index (χ4n) is 4.30. The molecule has 0 fully saturated rings. The van der Waals surface area contributed by atoms with Gasteiger partial charge in [0, 0.05) is 5.41 Å². The number of ether oxygens (including phenoxy) is 2. The largest absolute Gasteiger partial charge is 0.491 e. The Hall–Kier alpha value is -2.04. The molecule has 0 saturated carbocycles. The van der Waals surface area contributed by atoms with Crippen LogP contribution in [0.1, 0.15) is 68.2 Å². The standard InChI is InChI=1S/C26H38O4/c1-5-7-13-26(12-6-2,22-8-10-24(20(3)18-22)29-16-14-27)23-9-11-25(21(4)19-23)30-17-15-28/h8-11,18-19,27-28H,5-7,12-17H2,1-4H3. The number of hydrogen-bond acceptors (Lipinski definition) is 4. The quantitative estimate of drug-likeness (QED) is 0.466. The van der Waals surface area contributed by atoms with Crippen LogP contribution in [0.15, 0.2) is 36.4 Å². The second-order valence-corrected chi connectivity index (χ2v) is 8.04. The topological polar surface area (TPSA) is 58.9 Å². The predicted molar refractivity (Wildman–Crippen MR) is 123 cm³/mol. The molecule has 0 bridgehead atoms. The molecule has 0 aliphatic rings. The first-order valence-electron chi connectivity index (χ1n) is 11.2. The summed E-state index contributed by atoms with van der Waals surface area (Å²) in [6.45, 7) is 9.29. The number of hydrogen-bond donors (Lipinski definition) is 2. The predicted octanol–water partition coefficient (Wildman–Crippen LogP) is 5.32. The lowest BCUT2D eigenvalue weighted by Crippen LogP contribution is -2.28. The molecule has 0 amide bonds. The summed E-state index contributed by atoms with van der Waals surface area (Å²) in [5, 5.41) is 18.1. The average molecular weight is 415 g/mol. The molecule has 0 radical (unpaired) electrons. The van der Waals surface area contributed by atoms with Gasteiger partial charge in [-0.2, -0.15) is 0 Å². The van der Waals surface area contributed by atoms with Gasteiger partial charge in [-0.15, -0.1) is 0 Å². The second kappa shape index (κ2) is 12.0. The van der Waals surface area contributed by atoms with Gasteiger partial charge in [0.25, 0.3) is 0 Å². The van der Waals surface area contributed by atoms with E-state index in [0.717, 1.165) is 54.7 Å². The van der Waals surface area contributed by atoms with E-state index < -0.39 is 0 Å². The van der Waals surface area contributed by atoms with Crippen LogP contribution in [0, 0.1) is 13.8 Å². The van der Waals surface area contributed by atoms with E-state index in [0.29, 0.717) is 13.2 Å². The molecule has 2 aromatic carbocycles. The molecule has 30 heavy (non-hydrogen) atoms. The molecule has 0 aliphatic heterocycles. The molecule has 0 heterocycles. The molecule has 2 N–H and O–H groups in total. The Balaban J connectivity index is 2.53. The zero-order valence-electron chi connectivity index (χ0n) is 19.0. The molecule has 4 heteroatoms. The Morgan fingerprint density at radius 3 is 1.60 bits per heavy atom. The van der Waals surface area contributed by atoms with Crippen LogP contribution < -0.4 is 9.47 Å². The first-order chi connectivity index (χ1) is 14.5. The molecule has 166 valence electrons. The van der Waals surface area contributed by atoms with Gasteiger partial charge in [0.2, 0.25) is 0 Å². The Labute approximate surface area is 181 Å². The lowest BCUT2D eigenvalue weighted by Gasteiger charge is -2.36. The number of aliphatic hydroxyl groups excluding tert-OH is 2. The average Bonchev–Trinajstić information content (AvgIpc) is 2.75. The maximum atomic E-state index is 9.07. The molecule has 0 saturated heterocycles. The van der Waals surface area contributed by atoms with Crippen LogP contribution in [0.4, 0.5) is 0 Å². The van der Waals surface area contributed by atoms with Crippen molar-refractivity contribution in [2.24, 2.45) is 0 Å². The summed E-state index contributed by atoms with van der Waals surface area (Å²) < 4.78 is 11.4. The van der Waals surface area contributed by atoms with Crippen molar-refractivity contribution in [1.29, 1.82) is 0 Å². The fourth-order valence-corrected chi connectivity index (χ4v) is 4.30. The van der Waals surface area contributed by atoms with Gasteiger partial charge in [0.1, 0.15) is 24.7 Å². The van der Waals surface area contributed by atoms with Gasteiger partial charge >= 0.3 is 0 Å². The van der Waals surface area contributed by atoms with Gasteiger partial charge in [0.05, 0.1) is 13.2 Å². The number of unbranched alkanes of at least 4 members (excludes halogenated alkanes) is 1. The van der Waals surface area contributed by atoms with Gasteiger partial charge in [-0.1, -0.05) is 57.4 Å². The van der Waals surface area contributed by atoms with Crippen LogP contribution >= 0.6 is 0 Å². The first-order valence-corrected chi connectivity index (χ1v) is 11.2. The summed E-state index contributed by atoms with van der Waals surface area (Å²) in [6.07, 6.45) is 5.55. The lowest BCUT2D eigenvalue weighted by molar-refractivity contribution is 0.200. The smallest absolute Gasteiger partial charge is 0.122 e. The third-order valence-corrected chi connectivity index (χ3v) is 5.79. The zero-order chi connectivity index (χ0) is 22.0. The van der Waals surface area contributed by atoms with Crippen molar-refractivity contribution in [2.75, 3.05) is 26.4 Å².